The van der Waals surface area contributed by atoms with Crippen molar-refractivity contribution in [2.75, 3.05) is 19.8 Å². The van der Waals surface area contributed by atoms with Crippen LogP contribution in [-0.2, 0) is 23.7 Å². The lowest BCUT2D eigenvalue weighted by molar-refractivity contribution is -0.359. The first-order valence-electron chi connectivity index (χ1n) is 26.2. The summed E-state index contributed by atoms with van der Waals surface area (Å²) in [6, 6.07) is -0.917. The van der Waals surface area contributed by atoms with Crippen LogP contribution in [-0.4, -0.2) is 140 Å². The molecule has 2 aliphatic rings. The first kappa shape index (κ1) is 60.3. The second-order valence-corrected chi connectivity index (χ2v) is 18.6. The van der Waals surface area contributed by atoms with Crippen LogP contribution in [0, 0.1) is 0 Å². The lowest BCUT2D eigenvalue weighted by Gasteiger charge is -2.46. The van der Waals surface area contributed by atoms with Crippen molar-refractivity contribution in [3.05, 3.63) is 36.5 Å². The van der Waals surface area contributed by atoms with E-state index in [0.717, 1.165) is 57.8 Å². The van der Waals surface area contributed by atoms with Gasteiger partial charge in [-0.2, -0.15) is 0 Å². The van der Waals surface area contributed by atoms with Crippen molar-refractivity contribution in [1.29, 1.82) is 0 Å². The molecule has 2 fully saturated rings. The molecule has 2 rings (SSSR count). The predicted molar refractivity (Wildman–Crippen MR) is 258 cm³/mol. The van der Waals surface area contributed by atoms with Crippen molar-refractivity contribution in [2.24, 2.45) is 0 Å². The van der Waals surface area contributed by atoms with Gasteiger partial charge >= 0.3 is 0 Å². The Morgan fingerprint density at radius 1 is 0.545 bits per heavy atom. The molecule has 0 aromatic heterocycles. The normalized spacial score (nSPS) is 27.1. The molecule has 14 nitrogen and oxygen atoms in total. The van der Waals surface area contributed by atoms with Crippen molar-refractivity contribution in [2.45, 2.75) is 267 Å². The van der Waals surface area contributed by atoms with Gasteiger partial charge < -0.3 is 65.1 Å². The van der Waals surface area contributed by atoms with Crippen LogP contribution < -0.4 is 5.32 Å². The first-order chi connectivity index (χ1) is 32.1. The van der Waals surface area contributed by atoms with Crippen molar-refractivity contribution in [3.8, 4) is 0 Å². The molecule has 9 N–H and O–H groups in total. The van der Waals surface area contributed by atoms with Crippen molar-refractivity contribution >= 4 is 5.91 Å². The molecule has 1 amide bonds. The summed E-state index contributed by atoms with van der Waals surface area (Å²) in [5.41, 5.74) is 0. The Morgan fingerprint density at radius 3 is 1.53 bits per heavy atom. The Morgan fingerprint density at radius 2 is 1.00 bits per heavy atom. The maximum Gasteiger partial charge on any atom is 0.220 e. The number of aliphatic hydroxyl groups excluding tert-OH is 8. The molecule has 66 heavy (non-hydrogen) atoms. The molecule has 2 heterocycles. The fraction of sp³-hybridized carbons (Fsp3) is 0.865. The number of amides is 1. The van der Waals surface area contributed by atoms with E-state index in [2.05, 4.69) is 43.5 Å². The molecular weight excluding hydrogens is 847 g/mol. The van der Waals surface area contributed by atoms with E-state index < -0.39 is 86.8 Å². The maximum atomic E-state index is 13.2. The minimum absolute atomic E-state index is 0.249. The monoisotopic (exact) mass is 942 g/mol. The molecule has 14 heteroatoms. The van der Waals surface area contributed by atoms with Gasteiger partial charge in [0.1, 0.15) is 48.8 Å². The molecule has 12 unspecified atom stereocenters. The number of rotatable bonds is 40. The van der Waals surface area contributed by atoms with Crippen LogP contribution in [0.25, 0.3) is 0 Å². The van der Waals surface area contributed by atoms with Crippen LogP contribution in [0.5, 0.6) is 0 Å². The SMILES string of the molecule is CCCCCC/C=C\C/C=C\CCCCCCCCCC(=O)NC(COC1OC(CO)C(OC2OC(CO)C(O)C(O)C2O)C(O)C1O)C(O)/C=C/CCCCCCCCCCCCCC. The zero-order valence-corrected chi connectivity index (χ0v) is 40.9. The van der Waals surface area contributed by atoms with E-state index in [1.165, 1.54) is 109 Å². The number of carbonyl (C=O) groups is 1. The van der Waals surface area contributed by atoms with Gasteiger partial charge in [-0.25, -0.2) is 0 Å². The Hall–Kier alpha value is -1.79. The van der Waals surface area contributed by atoms with E-state index in [1.807, 2.05) is 6.08 Å². The third-order valence-electron chi connectivity index (χ3n) is 12.8. The predicted octanol–water partition coefficient (Wildman–Crippen LogP) is 7.10. The van der Waals surface area contributed by atoms with Gasteiger partial charge in [0.15, 0.2) is 12.6 Å². The number of aliphatic hydroxyl groups is 8. The summed E-state index contributed by atoms with van der Waals surface area (Å²) in [5.74, 6) is -0.249. The van der Waals surface area contributed by atoms with Crippen LogP contribution >= 0.6 is 0 Å². The second kappa shape index (κ2) is 39.0. The van der Waals surface area contributed by atoms with Gasteiger partial charge in [0.25, 0.3) is 0 Å². The topological polar surface area (TPSA) is 228 Å². The summed E-state index contributed by atoms with van der Waals surface area (Å²) in [7, 11) is 0. The number of hydrogen-bond acceptors (Lipinski definition) is 13. The Labute approximate surface area is 398 Å². The average Bonchev–Trinajstić information content (AvgIpc) is 3.31. The van der Waals surface area contributed by atoms with E-state index in [-0.39, 0.29) is 18.9 Å². The Balaban J connectivity index is 1.84. The first-order valence-corrected chi connectivity index (χ1v) is 26.2. The van der Waals surface area contributed by atoms with Gasteiger partial charge in [0, 0.05) is 6.42 Å². The summed E-state index contributed by atoms with van der Waals surface area (Å²) in [5, 5.41) is 86.8. The molecule has 2 saturated heterocycles. The zero-order chi connectivity index (χ0) is 48.2. The molecule has 0 bridgehead atoms. The van der Waals surface area contributed by atoms with Gasteiger partial charge in [-0.15, -0.1) is 0 Å². The molecule has 0 aromatic carbocycles. The minimum Gasteiger partial charge on any atom is -0.394 e. The number of carbonyl (C=O) groups excluding carboxylic acids is 1. The summed E-state index contributed by atoms with van der Waals surface area (Å²) >= 11 is 0. The smallest absolute Gasteiger partial charge is 0.220 e. The number of allylic oxidation sites excluding steroid dienone is 5. The minimum atomic E-state index is -1.79. The number of ether oxygens (including phenoxy) is 4. The highest BCUT2D eigenvalue weighted by atomic mass is 16.7. The summed E-state index contributed by atoms with van der Waals surface area (Å²) in [4.78, 5) is 13.2. The molecule has 0 radical (unpaired) electrons. The standard InChI is InChI=1S/C52H95NO13/c1-3-5-7-9-11-13-15-17-19-20-21-22-24-26-28-30-32-34-36-44(57)53-40(41(56)35-33-31-29-27-25-23-18-16-14-12-10-8-6-4-2)39-63-51-49(62)47(60)50(43(38-55)65-51)66-52-48(61)46(59)45(58)42(37-54)64-52/h13,15,19-20,33,35,40-43,45-52,54-56,58-62H,3-12,14,16-18,21-32,34,36-39H2,1-2H3,(H,53,57)/b15-13-,20-19-,35-33+. The van der Waals surface area contributed by atoms with Gasteiger partial charge in [0.05, 0.1) is 32.0 Å². The largest absolute Gasteiger partial charge is 0.394 e. The molecule has 2 aliphatic heterocycles. The van der Waals surface area contributed by atoms with Gasteiger partial charge in [-0.05, 0) is 51.4 Å². The zero-order valence-electron chi connectivity index (χ0n) is 40.9. The van der Waals surface area contributed by atoms with E-state index in [9.17, 15) is 45.6 Å². The molecule has 12 atom stereocenters. The third-order valence-corrected chi connectivity index (χ3v) is 12.8. The maximum absolute atomic E-state index is 13.2. The fourth-order valence-corrected chi connectivity index (χ4v) is 8.50. The van der Waals surface area contributed by atoms with Crippen LogP contribution in [0.3, 0.4) is 0 Å². The number of unbranched alkanes of at least 4 members (excludes halogenated alkanes) is 23. The van der Waals surface area contributed by atoms with Crippen molar-refractivity contribution in [1.82, 2.24) is 5.32 Å². The van der Waals surface area contributed by atoms with E-state index in [0.29, 0.717) is 6.42 Å². The van der Waals surface area contributed by atoms with Crippen molar-refractivity contribution < 1.29 is 64.6 Å². The van der Waals surface area contributed by atoms with Gasteiger partial charge in [0.2, 0.25) is 5.91 Å². The molecule has 0 spiro atoms. The second-order valence-electron chi connectivity index (χ2n) is 18.6. The highest BCUT2D eigenvalue weighted by Crippen LogP contribution is 2.30. The summed E-state index contributed by atoms with van der Waals surface area (Å²) < 4.78 is 22.7. The Kier molecular flexibility index (Phi) is 35.6. The average molecular weight is 942 g/mol. The van der Waals surface area contributed by atoms with Crippen LogP contribution in [0.4, 0.5) is 0 Å². The van der Waals surface area contributed by atoms with Crippen LogP contribution in [0.15, 0.2) is 36.5 Å². The molecule has 386 valence electrons. The summed E-state index contributed by atoms with van der Waals surface area (Å²) in [6.45, 7) is 2.76. The number of nitrogens with one attached hydrogen (secondary N) is 1. The lowest BCUT2D eigenvalue weighted by atomic mass is 9.97. The number of hydrogen-bond donors (Lipinski definition) is 9. The highest BCUT2D eigenvalue weighted by molar-refractivity contribution is 5.76. The molecule has 0 aliphatic carbocycles. The van der Waals surface area contributed by atoms with Gasteiger partial charge in [-0.1, -0.05) is 172 Å². The highest BCUT2D eigenvalue weighted by Gasteiger charge is 2.51. The Bertz CT molecular complexity index is 1250. The molecule has 0 saturated carbocycles. The lowest BCUT2D eigenvalue weighted by Crippen LogP contribution is -2.65. The van der Waals surface area contributed by atoms with Gasteiger partial charge in [-0.3, -0.25) is 4.79 Å². The third kappa shape index (κ3) is 25.7. The quantitative estimate of drug-likeness (QED) is 0.0221. The fourth-order valence-electron chi connectivity index (χ4n) is 8.50. The van der Waals surface area contributed by atoms with E-state index >= 15 is 0 Å². The van der Waals surface area contributed by atoms with Crippen LogP contribution in [0.1, 0.15) is 194 Å². The van der Waals surface area contributed by atoms with E-state index in [4.69, 9.17) is 18.9 Å². The van der Waals surface area contributed by atoms with Crippen molar-refractivity contribution in [3.63, 3.8) is 0 Å². The molecular formula is C52H95NO13. The molecule has 0 aromatic rings. The summed E-state index contributed by atoms with van der Waals surface area (Å²) in [6.07, 6.45) is 27.4. The van der Waals surface area contributed by atoms with E-state index in [1.54, 1.807) is 6.08 Å². The van der Waals surface area contributed by atoms with Crippen LogP contribution in [0.2, 0.25) is 0 Å².